The average Bonchev–Trinajstić information content (AvgIpc) is 2.97. The van der Waals surface area contributed by atoms with E-state index in [1.807, 2.05) is 48.3 Å². The number of para-hydroxylation sites is 1. The van der Waals surface area contributed by atoms with Crippen molar-refractivity contribution in [1.82, 2.24) is 19.7 Å². The van der Waals surface area contributed by atoms with Gasteiger partial charge in [-0.05, 0) is 18.2 Å². The zero-order valence-electron chi connectivity index (χ0n) is 10.8. The lowest BCUT2D eigenvalue weighted by Crippen LogP contribution is -2.11. The number of aromatic nitrogens is 4. The molecule has 0 atom stereocenters. The molecule has 0 saturated carbocycles. The van der Waals surface area contributed by atoms with Crippen molar-refractivity contribution < 1.29 is 0 Å². The van der Waals surface area contributed by atoms with E-state index >= 15 is 0 Å². The van der Waals surface area contributed by atoms with Gasteiger partial charge in [0.05, 0.1) is 5.69 Å². The van der Waals surface area contributed by atoms with E-state index in [0.29, 0.717) is 11.1 Å². The summed E-state index contributed by atoms with van der Waals surface area (Å²) in [5.74, 6) is 0.615. The highest BCUT2D eigenvalue weighted by Gasteiger charge is 2.09. The number of rotatable bonds is 3. The van der Waals surface area contributed by atoms with Crippen molar-refractivity contribution >= 4 is 23.2 Å². The minimum atomic E-state index is 0.427. The van der Waals surface area contributed by atoms with Crippen molar-refractivity contribution in [2.45, 2.75) is 0 Å². The molecule has 0 aliphatic rings. The molecule has 0 unspecified atom stereocenters. The van der Waals surface area contributed by atoms with E-state index in [0.717, 1.165) is 11.4 Å². The Balaban J connectivity index is 1.91. The van der Waals surface area contributed by atoms with Crippen molar-refractivity contribution in [3.63, 3.8) is 0 Å². The second-order valence-corrected chi connectivity index (χ2v) is 4.61. The molecule has 0 N–H and O–H groups in total. The second-order valence-electron chi connectivity index (χ2n) is 4.22. The van der Waals surface area contributed by atoms with Crippen LogP contribution in [0.1, 0.15) is 0 Å². The third-order valence-electron chi connectivity index (χ3n) is 2.90. The van der Waals surface area contributed by atoms with Gasteiger partial charge in [-0.25, -0.2) is 9.67 Å². The van der Waals surface area contributed by atoms with Crippen LogP contribution in [-0.4, -0.2) is 26.8 Å². The van der Waals surface area contributed by atoms with Crippen LogP contribution < -0.4 is 4.90 Å². The summed E-state index contributed by atoms with van der Waals surface area (Å²) in [4.78, 5) is 10.2. The Morgan fingerprint density at radius 1 is 1.10 bits per heavy atom. The first-order valence-corrected chi connectivity index (χ1v) is 6.44. The molecule has 0 amide bonds. The lowest BCUT2D eigenvalue weighted by molar-refractivity contribution is 0.869. The Morgan fingerprint density at radius 3 is 2.65 bits per heavy atom. The van der Waals surface area contributed by atoms with E-state index in [9.17, 15) is 0 Å². The van der Waals surface area contributed by atoms with Crippen molar-refractivity contribution in [1.29, 1.82) is 0 Å². The van der Waals surface area contributed by atoms with Gasteiger partial charge in [0.1, 0.15) is 11.5 Å². The zero-order valence-corrected chi connectivity index (χ0v) is 11.6. The molecular formula is C14H12ClN5. The van der Waals surface area contributed by atoms with Crippen LogP contribution in [0.15, 0.2) is 55.0 Å². The maximum atomic E-state index is 5.88. The van der Waals surface area contributed by atoms with Gasteiger partial charge in [-0.2, -0.15) is 4.98 Å². The molecule has 3 rings (SSSR count). The minimum absolute atomic E-state index is 0.427. The molecule has 0 fully saturated rings. The van der Waals surface area contributed by atoms with Crippen molar-refractivity contribution in [2.24, 2.45) is 0 Å². The zero-order chi connectivity index (χ0) is 13.9. The van der Waals surface area contributed by atoms with E-state index in [4.69, 9.17) is 11.6 Å². The Kier molecular flexibility index (Phi) is 3.35. The minimum Gasteiger partial charge on any atom is -0.312 e. The monoisotopic (exact) mass is 285 g/mol. The summed E-state index contributed by atoms with van der Waals surface area (Å²) in [5, 5.41) is 4.87. The molecule has 0 saturated heterocycles. The van der Waals surface area contributed by atoms with Crippen molar-refractivity contribution in [2.75, 3.05) is 11.9 Å². The number of hydrogen-bond acceptors (Lipinski definition) is 4. The molecule has 3 aromatic rings. The van der Waals surface area contributed by atoms with Gasteiger partial charge in [0.25, 0.3) is 0 Å². The van der Waals surface area contributed by atoms with E-state index in [1.54, 1.807) is 23.3 Å². The van der Waals surface area contributed by atoms with Gasteiger partial charge in [-0.1, -0.05) is 29.8 Å². The predicted octanol–water partition coefficient (Wildman–Crippen LogP) is 3.08. The molecule has 2 aromatic heterocycles. The normalized spacial score (nSPS) is 10.5. The average molecular weight is 286 g/mol. The lowest BCUT2D eigenvalue weighted by atomic mass is 10.3. The molecule has 0 radical (unpaired) electrons. The molecule has 0 aliphatic carbocycles. The third kappa shape index (κ3) is 2.48. The SMILES string of the molecule is CN(c1ccccc1)c1ncn(-c2ccnc(Cl)c2)n1. The summed E-state index contributed by atoms with van der Waals surface area (Å²) in [5.41, 5.74) is 1.85. The van der Waals surface area contributed by atoms with Gasteiger partial charge >= 0.3 is 0 Å². The Morgan fingerprint density at radius 2 is 1.90 bits per heavy atom. The molecule has 0 aliphatic heterocycles. The molecule has 2 heterocycles. The first-order chi connectivity index (χ1) is 9.74. The van der Waals surface area contributed by atoms with Gasteiger partial charge in [0.15, 0.2) is 0 Å². The Bertz CT molecular complexity index is 710. The summed E-state index contributed by atoms with van der Waals surface area (Å²) in [7, 11) is 1.93. The van der Waals surface area contributed by atoms with Gasteiger partial charge in [-0.15, -0.1) is 5.10 Å². The number of halogens is 1. The first kappa shape index (κ1) is 12.6. The summed E-state index contributed by atoms with van der Waals surface area (Å²) in [6, 6.07) is 13.5. The lowest BCUT2D eigenvalue weighted by Gasteiger charge is -2.14. The van der Waals surface area contributed by atoms with Gasteiger partial charge in [0, 0.05) is 25.0 Å². The quantitative estimate of drug-likeness (QED) is 0.694. The van der Waals surface area contributed by atoms with Crippen LogP contribution in [-0.2, 0) is 0 Å². The first-order valence-electron chi connectivity index (χ1n) is 6.06. The van der Waals surface area contributed by atoms with Gasteiger partial charge in [0.2, 0.25) is 5.95 Å². The number of pyridine rings is 1. The molecule has 5 nitrogen and oxygen atoms in total. The predicted molar refractivity (Wildman–Crippen MR) is 78.7 cm³/mol. The molecule has 0 spiro atoms. The van der Waals surface area contributed by atoms with Crippen molar-refractivity contribution in [3.05, 3.63) is 60.1 Å². The van der Waals surface area contributed by atoms with E-state index in [-0.39, 0.29) is 0 Å². The fourth-order valence-corrected chi connectivity index (χ4v) is 2.00. The van der Waals surface area contributed by atoms with Gasteiger partial charge in [-0.3, -0.25) is 0 Å². The van der Waals surface area contributed by atoms with E-state index in [1.165, 1.54) is 0 Å². The van der Waals surface area contributed by atoms with Crippen LogP contribution in [0.5, 0.6) is 0 Å². The van der Waals surface area contributed by atoms with E-state index < -0.39 is 0 Å². The Hall–Kier alpha value is -2.40. The standard InChI is InChI=1S/C14H12ClN5/c1-19(11-5-3-2-4-6-11)14-17-10-20(18-14)12-7-8-16-13(15)9-12/h2-10H,1H3. The summed E-state index contributed by atoms with van der Waals surface area (Å²) in [6.45, 7) is 0. The largest absolute Gasteiger partial charge is 0.312 e. The second kappa shape index (κ2) is 5.30. The number of hydrogen-bond donors (Lipinski definition) is 0. The topological polar surface area (TPSA) is 46.8 Å². The third-order valence-corrected chi connectivity index (χ3v) is 3.10. The number of nitrogens with zero attached hydrogens (tertiary/aromatic N) is 5. The molecule has 0 bridgehead atoms. The maximum Gasteiger partial charge on any atom is 0.249 e. The van der Waals surface area contributed by atoms with Crippen LogP contribution in [0, 0.1) is 0 Å². The van der Waals surface area contributed by atoms with Crippen molar-refractivity contribution in [3.8, 4) is 5.69 Å². The van der Waals surface area contributed by atoms with Crippen LogP contribution in [0.2, 0.25) is 5.15 Å². The van der Waals surface area contributed by atoms with Crippen LogP contribution in [0.4, 0.5) is 11.6 Å². The molecule has 6 heteroatoms. The fourth-order valence-electron chi connectivity index (χ4n) is 1.83. The Labute approximate surface area is 121 Å². The van der Waals surface area contributed by atoms with Crippen LogP contribution in [0.25, 0.3) is 5.69 Å². The highest BCUT2D eigenvalue weighted by Crippen LogP contribution is 2.20. The van der Waals surface area contributed by atoms with E-state index in [2.05, 4.69) is 15.1 Å². The summed E-state index contributed by atoms with van der Waals surface area (Å²) < 4.78 is 1.67. The molecule has 1 aromatic carbocycles. The number of anilines is 2. The van der Waals surface area contributed by atoms with Gasteiger partial charge < -0.3 is 4.90 Å². The molecular weight excluding hydrogens is 274 g/mol. The maximum absolute atomic E-state index is 5.88. The molecule has 100 valence electrons. The number of benzene rings is 1. The van der Waals surface area contributed by atoms with Crippen LogP contribution in [0.3, 0.4) is 0 Å². The fraction of sp³-hybridized carbons (Fsp3) is 0.0714. The van der Waals surface area contributed by atoms with Crippen LogP contribution >= 0.6 is 11.6 Å². The highest BCUT2D eigenvalue weighted by molar-refractivity contribution is 6.29. The smallest absolute Gasteiger partial charge is 0.249 e. The summed E-state index contributed by atoms with van der Waals surface area (Å²) >= 11 is 5.88. The molecule has 20 heavy (non-hydrogen) atoms. The highest BCUT2D eigenvalue weighted by atomic mass is 35.5. The summed E-state index contributed by atoms with van der Waals surface area (Å²) in [6.07, 6.45) is 3.29.